The molecule has 26 heavy (non-hydrogen) atoms. The average Bonchev–Trinajstić information content (AvgIpc) is 3.18. The van der Waals surface area contributed by atoms with E-state index in [1.807, 2.05) is 32.9 Å². The van der Waals surface area contributed by atoms with E-state index in [2.05, 4.69) is 31.1 Å². The molecule has 0 aromatic carbocycles. The van der Waals surface area contributed by atoms with Crippen molar-refractivity contribution in [2.75, 3.05) is 18.4 Å². The van der Waals surface area contributed by atoms with Crippen LogP contribution >= 0.6 is 0 Å². The van der Waals surface area contributed by atoms with Crippen LogP contribution in [0.5, 0.6) is 0 Å². The molecule has 0 bridgehead atoms. The summed E-state index contributed by atoms with van der Waals surface area (Å²) in [4.78, 5) is 11.8. The molecular weight excluding hydrogens is 334 g/mol. The summed E-state index contributed by atoms with van der Waals surface area (Å²) in [6.07, 6.45) is 0. The molecule has 3 heterocycles. The molecule has 136 valence electrons. The summed E-state index contributed by atoms with van der Waals surface area (Å²) in [5.74, 6) is 1.61. The fourth-order valence-corrected chi connectivity index (χ4v) is 2.41. The number of aryl methyl sites for hydroxylation is 2. The van der Waals surface area contributed by atoms with Crippen LogP contribution in [0.1, 0.15) is 33.2 Å². The maximum atomic E-state index is 11.8. The van der Waals surface area contributed by atoms with Gasteiger partial charge in [0, 0.05) is 24.8 Å². The van der Waals surface area contributed by atoms with Crippen molar-refractivity contribution in [2.24, 2.45) is 0 Å². The van der Waals surface area contributed by atoms with E-state index in [9.17, 15) is 4.79 Å². The van der Waals surface area contributed by atoms with E-state index in [0.717, 1.165) is 17.0 Å². The van der Waals surface area contributed by atoms with Gasteiger partial charge in [0.25, 0.3) is 5.91 Å². The van der Waals surface area contributed by atoms with Crippen molar-refractivity contribution in [3.63, 3.8) is 0 Å². The Bertz CT molecular complexity index is 912. The summed E-state index contributed by atoms with van der Waals surface area (Å²) >= 11 is 0. The Morgan fingerprint density at radius 1 is 1.15 bits per heavy atom. The van der Waals surface area contributed by atoms with Gasteiger partial charge < -0.3 is 15.2 Å². The first-order chi connectivity index (χ1) is 12.5. The molecule has 9 nitrogen and oxygen atoms in total. The maximum absolute atomic E-state index is 11.8. The van der Waals surface area contributed by atoms with E-state index in [0.29, 0.717) is 30.5 Å². The van der Waals surface area contributed by atoms with E-state index in [1.54, 1.807) is 17.7 Å². The molecule has 0 radical (unpaired) electrons. The van der Waals surface area contributed by atoms with Crippen LogP contribution in [0, 0.1) is 27.7 Å². The lowest BCUT2D eigenvalue weighted by atomic mass is 10.2. The lowest BCUT2D eigenvalue weighted by Crippen LogP contribution is -2.29. The van der Waals surface area contributed by atoms with Crippen molar-refractivity contribution in [1.82, 2.24) is 30.5 Å². The summed E-state index contributed by atoms with van der Waals surface area (Å²) in [5, 5.41) is 22.3. The molecule has 3 aromatic rings. The fraction of sp³-hybridized carbons (Fsp3) is 0.353. The van der Waals surface area contributed by atoms with E-state index in [1.165, 1.54) is 0 Å². The Morgan fingerprint density at radius 3 is 2.54 bits per heavy atom. The highest BCUT2D eigenvalue weighted by Crippen LogP contribution is 2.15. The molecule has 0 fully saturated rings. The predicted octanol–water partition coefficient (Wildman–Crippen LogP) is 1.73. The number of nitrogens with zero attached hydrogens (tertiary/aromatic N) is 5. The highest BCUT2D eigenvalue weighted by Gasteiger charge is 2.11. The Hall–Kier alpha value is -3.23. The summed E-state index contributed by atoms with van der Waals surface area (Å²) in [5.41, 5.74) is 3.44. The van der Waals surface area contributed by atoms with Gasteiger partial charge in [-0.15, -0.1) is 10.2 Å². The normalized spacial score (nSPS) is 10.8. The monoisotopic (exact) mass is 355 g/mol. The van der Waals surface area contributed by atoms with Crippen molar-refractivity contribution in [3.05, 3.63) is 46.6 Å². The molecule has 1 amide bonds. The molecule has 0 aliphatic carbocycles. The SMILES string of the molecule is Cc1cc(C(=O)NCCNc2ccc(-n3nc(C)c(C)c3C)nn2)no1. The summed E-state index contributed by atoms with van der Waals surface area (Å²) in [6.45, 7) is 8.67. The van der Waals surface area contributed by atoms with Crippen LogP contribution in [0.4, 0.5) is 5.82 Å². The van der Waals surface area contributed by atoms with E-state index in [-0.39, 0.29) is 11.6 Å². The summed E-state index contributed by atoms with van der Waals surface area (Å²) in [7, 11) is 0. The lowest BCUT2D eigenvalue weighted by molar-refractivity contribution is 0.0946. The zero-order valence-corrected chi connectivity index (χ0v) is 15.2. The minimum Gasteiger partial charge on any atom is -0.367 e. The Kier molecular flexibility index (Phi) is 4.97. The van der Waals surface area contributed by atoms with E-state index in [4.69, 9.17) is 4.52 Å². The Balaban J connectivity index is 1.51. The third-order valence-electron chi connectivity index (χ3n) is 4.10. The summed E-state index contributed by atoms with van der Waals surface area (Å²) < 4.78 is 6.65. The van der Waals surface area contributed by atoms with Gasteiger partial charge >= 0.3 is 0 Å². The molecule has 3 aromatic heterocycles. The zero-order chi connectivity index (χ0) is 18.7. The molecular formula is C17H21N7O2. The topological polar surface area (TPSA) is 111 Å². The molecule has 0 spiro atoms. The zero-order valence-electron chi connectivity index (χ0n) is 15.2. The van der Waals surface area contributed by atoms with Crippen LogP contribution in [-0.4, -0.2) is 44.1 Å². The number of hydrogen-bond donors (Lipinski definition) is 2. The van der Waals surface area contributed by atoms with Crippen LogP contribution in [0.3, 0.4) is 0 Å². The Morgan fingerprint density at radius 2 is 1.96 bits per heavy atom. The molecule has 0 saturated heterocycles. The lowest BCUT2D eigenvalue weighted by Gasteiger charge is -2.07. The van der Waals surface area contributed by atoms with Gasteiger partial charge in [0.1, 0.15) is 11.6 Å². The van der Waals surface area contributed by atoms with Gasteiger partial charge in [-0.3, -0.25) is 4.79 Å². The molecule has 0 saturated carbocycles. The second-order valence-corrected chi connectivity index (χ2v) is 5.99. The highest BCUT2D eigenvalue weighted by atomic mass is 16.5. The number of aromatic nitrogens is 5. The van der Waals surface area contributed by atoms with Gasteiger partial charge in [0.15, 0.2) is 11.5 Å². The standard InChI is InChI=1S/C17H21N7O2/c1-10-9-14(23-26-10)17(25)19-8-7-18-15-5-6-16(21-20-15)24-13(4)11(2)12(3)22-24/h5-6,9H,7-8H2,1-4H3,(H,18,20)(H,19,25). The number of carbonyl (C=O) groups excluding carboxylic acids is 1. The van der Waals surface area contributed by atoms with Crippen molar-refractivity contribution in [2.45, 2.75) is 27.7 Å². The number of nitrogens with one attached hydrogen (secondary N) is 2. The van der Waals surface area contributed by atoms with Gasteiger partial charge in [-0.25, -0.2) is 4.68 Å². The Labute approximate surface area is 150 Å². The van der Waals surface area contributed by atoms with Crippen molar-refractivity contribution >= 4 is 11.7 Å². The van der Waals surface area contributed by atoms with Gasteiger partial charge in [-0.1, -0.05) is 5.16 Å². The largest absolute Gasteiger partial charge is 0.367 e. The predicted molar refractivity (Wildman–Crippen MR) is 95.4 cm³/mol. The fourth-order valence-electron chi connectivity index (χ4n) is 2.41. The minimum absolute atomic E-state index is 0.270. The second kappa shape index (κ2) is 7.34. The molecule has 0 aliphatic heterocycles. The average molecular weight is 355 g/mol. The third kappa shape index (κ3) is 3.71. The molecule has 2 N–H and O–H groups in total. The van der Waals surface area contributed by atoms with E-state index >= 15 is 0 Å². The maximum Gasteiger partial charge on any atom is 0.273 e. The molecule has 3 rings (SSSR count). The van der Waals surface area contributed by atoms with Crippen LogP contribution < -0.4 is 10.6 Å². The van der Waals surface area contributed by atoms with Gasteiger partial charge in [0.05, 0.1) is 5.69 Å². The number of carbonyl (C=O) groups is 1. The quantitative estimate of drug-likeness (QED) is 0.648. The molecule has 0 atom stereocenters. The van der Waals surface area contributed by atoms with Crippen molar-refractivity contribution < 1.29 is 9.32 Å². The number of amides is 1. The third-order valence-corrected chi connectivity index (χ3v) is 4.10. The first kappa shape index (κ1) is 17.6. The van der Waals surface area contributed by atoms with Gasteiger partial charge in [-0.2, -0.15) is 5.10 Å². The first-order valence-electron chi connectivity index (χ1n) is 8.28. The molecule has 9 heteroatoms. The minimum atomic E-state index is -0.273. The van der Waals surface area contributed by atoms with Crippen LogP contribution in [0.25, 0.3) is 5.82 Å². The van der Waals surface area contributed by atoms with Gasteiger partial charge in [0.2, 0.25) is 0 Å². The van der Waals surface area contributed by atoms with Crippen LogP contribution in [0.2, 0.25) is 0 Å². The number of anilines is 1. The number of rotatable bonds is 6. The second-order valence-electron chi connectivity index (χ2n) is 5.99. The highest BCUT2D eigenvalue weighted by molar-refractivity contribution is 5.92. The smallest absolute Gasteiger partial charge is 0.273 e. The van der Waals surface area contributed by atoms with E-state index < -0.39 is 0 Å². The van der Waals surface area contributed by atoms with Crippen molar-refractivity contribution in [3.8, 4) is 5.82 Å². The van der Waals surface area contributed by atoms with Crippen LogP contribution in [0.15, 0.2) is 22.7 Å². The van der Waals surface area contributed by atoms with Crippen LogP contribution in [-0.2, 0) is 0 Å². The first-order valence-corrected chi connectivity index (χ1v) is 8.28. The molecule has 0 aliphatic rings. The van der Waals surface area contributed by atoms with Gasteiger partial charge in [-0.05, 0) is 45.4 Å². The van der Waals surface area contributed by atoms with Crippen molar-refractivity contribution in [1.29, 1.82) is 0 Å². The summed E-state index contributed by atoms with van der Waals surface area (Å²) in [6, 6.07) is 5.27. The number of hydrogen-bond acceptors (Lipinski definition) is 7. The molecule has 0 unspecified atom stereocenters.